The van der Waals surface area contributed by atoms with E-state index in [0.717, 1.165) is 36.9 Å². The Morgan fingerprint density at radius 3 is 2.45 bits per heavy atom. The van der Waals surface area contributed by atoms with Crippen LogP contribution < -0.4 is 5.32 Å². The van der Waals surface area contributed by atoms with Gasteiger partial charge in [0, 0.05) is 18.2 Å². The molecule has 2 rings (SSSR count). The number of carboxylic acids is 1. The van der Waals surface area contributed by atoms with Crippen molar-refractivity contribution < 1.29 is 23.1 Å². The Hall–Kier alpha value is -1.41. The highest BCUT2D eigenvalue weighted by atomic mass is 32.2. The number of thiophene rings is 1. The van der Waals surface area contributed by atoms with Crippen LogP contribution in [0.2, 0.25) is 0 Å². The average Bonchev–Trinajstić information content (AvgIpc) is 2.95. The quantitative estimate of drug-likeness (QED) is 0.849. The SMILES string of the molecule is CS(=O)(=O)c1cc(C(=O)NCC2(C(=O)O)CCCCC2)cs1. The van der Waals surface area contributed by atoms with Crippen LogP contribution in [-0.4, -0.2) is 38.2 Å². The fourth-order valence-corrected chi connectivity index (χ4v) is 4.47. The number of hydrogen-bond donors (Lipinski definition) is 2. The smallest absolute Gasteiger partial charge is 0.311 e. The normalized spacial score (nSPS) is 17.9. The van der Waals surface area contributed by atoms with E-state index >= 15 is 0 Å². The van der Waals surface area contributed by atoms with Crippen molar-refractivity contribution in [3.8, 4) is 0 Å². The maximum absolute atomic E-state index is 12.1. The standard InChI is InChI=1S/C14H19NO5S2/c1-22(19,20)11-7-10(8-21-11)12(16)15-9-14(13(17)18)5-3-2-4-6-14/h7-8H,2-6,9H2,1H3,(H,15,16)(H,17,18). The van der Waals surface area contributed by atoms with Crippen LogP contribution >= 0.6 is 11.3 Å². The molecule has 22 heavy (non-hydrogen) atoms. The number of amides is 1. The second-order valence-corrected chi connectivity index (χ2v) is 8.91. The van der Waals surface area contributed by atoms with E-state index in [1.54, 1.807) is 0 Å². The summed E-state index contributed by atoms with van der Waals surface area (Å²) in [7, 11) is -3.33. The van der Waals surface area contributed by atoms with Gasteiger partial charge in [-0.1, -0.05) is 19.3 Å². The van der Waals surface area contributed by atoms with E-state index in [-0.39, 0.29) is 16.3 Å². The topological polar surface area (TPSA) is 101 Å². The third-order valence-corrected chi connectivity index (χ3v) is 6.82. The molecule has 0 aromatic carbocycles. The summed E-state index contributed by atoms with van der Waals surface area (Å²) < 4.78 is 23.0. The number of nitrogens with one attached hydrogen (secondary N) is 1. The van der Waals surface area contributed by atoms with E-state index in [9.17, 15) is 23.1 Å². The van der Waals surface area contributed by atoms with Crippen LogP contribution in [0.1, 0.15) is 42.5 Å². The minimum atomic E-state index is -3.33. The summed E-state index contributed by atoms with van der Waals surface area (Å²) in [6.45, 7) is 0.0746. The highest BCUT2D eigenvalue weighted by Crippen LogP contribution is 2.36. The summed E-state index contributed by atoms with van der Waals surface area (Å²) in [4.78, 5) is 23.6. The number of aliphatic carboxylic acids is 1. The Morgan fingerprint density at radius 2 is 1.95 bits per heavy atom. The van der Waals surface area contributed by atoms with E-state index in [2.05, 4.69) is 5.32 Å². The summed E-state index contributed by atoms with van der Waals surface area (Å²) in [5, 5.41) is 13.6. The van der Waals surface area contributed by atoms with Crippen LogP contribution in [0.5, 0.6) is 0 Å². The van der Waals surface area contributed by atoms with Gasteiger partial charge in [-0.3, -0.25) is 9.59 Å². The van der Waals surface area contributed by atoms with E-state index in [1.165, 1.54) is 11.4 Å². The molecule has 0 spiro atoms. The lowest BCUT2D eigenvalue weighted by Crippen LogP contribution is -2.44. The lowest BCUT2D eigenvalue weighted by molar-refractivity contribution is -0.150. The first-order chi connectivity index (χ1) is 10.2. The predicted octanol–water partition coefficient (Wildman–Crippen LogP) is 1.92. The number of hydrogen-bond acceptors (Lipinski definition) is 5. The summed E-state index contributed by atoms with van der Waals surface area (Å²) in [5.74, 6) is -1.31. The molecule has 6 nitrogen and oxygen atoms in total. The molecule has 1 aliphatic carbocycles. The van der Waals surface area contributed by atoms with Crippen LogP contribution in [0.15, 0.2) is 15.7 Å². The first-order valence-corrected chi connectivity index (χ1v) is 9.82. The molecule has 1 saturated carbocycles. The molecular formula is C14H19NO5S2. The maximum atomic E-state index is 12.1. The Bertz CT molecular complexity index is 671. The van der Waals surface area contributed by atoms with Gasteiger partial charge < -0.3 is 10.4 Å². The van der Waals surface area contributed by atoms with Crippen LogP contribution in [0.3, 0.4) is 0 Å². The first kappa shape index (κ1) is 17.0. The lowest BCUT2D eigenvalue weighted by Gasteiger charge is -2.33. The molecular weight excluding hydrogens is 326 g/mol. The summed E-state index contributed by atoms with van der Waals surface area (Å²) in [6, 6.07) is 1.32. The first-order valence-electron chi connectivity index (χ1n) is 7.05. The van der Waals surface area contributed by atoms with Gasteiger partial charge in [0.25, 0.3) is 5.91 Å². The van der Waals surface area contributed by atoms with Gasteiger partial charge in [0.2, 0.25) is 0 Å². The predicted molar refractivity (Wildman–Crippen MR) is 82.9 cm³/mol. The highest BCUT2D eigenvalue weighted by Gasteiger charge is 2.39. The molecule has 0 atom stereocenters. The number of carbonyl (C=O) groups is 2. The van der Waals surface area contributed by atoms with Crippen molar-refractivity contribution in [2.24, 2.45) is 5.41 Å². The van der Waals surface area contributed by atoms with E-state index in [1.807, 2.05) is 0 Å². The third kappa shape index (κ3) is 3.67. The van der Waals surface area contributed by atoms with Gasteiger partial charge in [0.05, 0.1) is 11.0 Å². The third-order valence-electron chi connectivity index (χ3n) is 4.05. The van der Waals surface area contributed by atoms with Gasteiger partial charge in [-0.05, 0) is 18.9 Å². The maximum Gasteiger partial charge on any atom is 0.311 e. The van der Waals surface area contributed by atoms with Gasteiger partial charge in [-0.25, -0.2) is 8.42 Å². The van der Waals surface area contributed by atoms with Gasteiger partial charge in [0.15, 0.2) is 9.84 Å². The second-order valence-electron chi connectivity index (χ2n) is 5.76. The van der Waals surface area contributed by atoms with Gasteiger partial charge in [0.1, 0.15) is 4.21 Å². The zero-order chi connectivity index (χ0) is 16.4. The average molecular weight is 345 g/mol. The number of sulfone groups is 1. The molecule has 0 unspecified atom stereocenters. The van der Waals surface area contributed by atoms with E-state index < -0.39 is 27.1 Å². The van der Waals surface area contributed by atoms with E-state index in [0.29, 0.717) is 12.8 Å². The highest BCUT2D eigenvalue weighted by molar-refractivity contribution is 7.92. The molecule has 8 heteroatoms. The van der Waals surface area contributed by atoms with Crippen LogP contribution in [-0.2, 0) is 14.6 Å². The zero-order valence-corrected chi connectivity index (χ0v) is 13.9. The fraction of sp³-hybridized carbons (Fsp3) is 0.571. The molecule has 122 valence electrons. The summed E-state index contributed by atoms with van der Waals surface area (Å²) in [5.41, 5.74) is -0.648. The van der Waals surface area contributed by atoms with Gasteiger partial charge in [-0.2, -0.15) is 0 Å². The number of carboxylic acid groups (broad SMARTS) is 1. The van der Waals surface area contributed by atoms with Gasteiger partial charge in [-0.15, -0.1) is 11.3 Å². The molecule has 1 heterocycles. The molecule has 0 saturated heterocycles. The lowest BCUT2D eigenvalue weighted by atomic mass is 9.74. The monoisotopic (exact) mass is 345 g/mol. The van der Waals surface area contributed by atoms with Crippen molar-refractivity contribution in [2.75, 3.05) is 12.8 Å². The molecule has 1 aromatic heterocycles. The number of rotatable bonds is 5. The van der Waals surface area contributed by atoms with Crippen molar-refractivity contribution in [1.29, 1.82) is 0 Å². The minimum absolute atomic E-state index is 0.0746. The van der Waals surface area contributed by atoms with Gasteiger partial charge >= 0.3 is 5.97 Å². The Kier molecular flexibility index (Phi) is 4.91. The Morgan fingerprint density at radius 1 is 1.32 bits per heavy atom. The molecule has 0 aliphatic heterocycles. The molecule has 1 aromatic rings. The Balaban J connectivity index is 2.05. The molecule has 1 fully saturated rings. The molecule has 0 bridgehead atoms. The van der Waals surface area contributed by atoms with Crippen molar-refractivity contribution in [1.82, 2.24) is 5.32 Å². The number of carbonyl (C=O) groups excluding carboxylic acids is 1. The van der Waals surface area contributed by atoms with Crippen molar-refractivity contribution >= 4 is 33.1 Å². The van der Waals surface area contributed by atoms with Crippen molar-refractivity contribution in [3.63, 3.8) is 0 Å². The van der Waals surface area contributed by atoms with Crippen molar-refractivity contribution in [3.05, 3.63) is 17.0 Å². The van der Waals surface area contributed by atoms with Crippen LogP contribution in [0.25, 0.3) is 0 Å². The molecule has 1 aliphatic rings. The Labute approximate surface area is 133 Å². The largest absolute Gasteiger partial charge is 0.481 e. The fourth-order valence-electron chi connectivity index (χ4n) is 2.68. The van der Waals surface area contributed by atoms with Crippen LogP contribution in [0.4, 0.5) is 0 Å². The minimum Gasteiger partial charge on any atom is -0.481 e. The molecule has 0 radical (unpaired) electrons. The van der Waals surface area contributed by atoms with Crippen molar-refractivity contribution in [2.45, 2.75) is 36.3 Å². The summed E-state index contributed by atoms with van der Waals surface area (Å²) in [6.07, 6.45) is 4.91. The molecule has 1 amide bonds. The molecule has 2 N–H and O–H groups in total. The van der Waals surface area contributed by atoms with E-state index in [4.69, 9.17) is 0 Å². The second kappa shape index (κ2) is 6.37. The zero-order valence-electron chi connectivity index (χ0n) is 12.3. The van der Waals surface area contributed by atoms with Crippen LogP contribution in [0, 0.1) is 5.41 Å². The summed E-state index contributed by atoms with van der Waals surface area (Å²) >= 11 is 0.987.